The molecule has 6 nitrogen and oxygen atoms in total. The number of amides is 2. The van der Waals surface area contributed by atoms with E-state index in [2.05, 4.69) is 5.32 Å². The number of nitrogens with one attached hydrogen (secondary N) is 1. The van der Waals surface area contributed by atoms with Crippen molar-refractivity contribution in [2.45, 2.75) is 13.5 Å². The predicted molar refractivity (Wildman–Crippen MR) is 120 cm³/mol. The molecule has 158 valence electrons. The Hall–Kier alpha value is -3.51. The third-order valence-electron chi connectivity index (χ3n) is 4.83. The van der Waals surface area contributed by atoms with Crippen LogP contribution in [0.4, 0.5) is 11.4 Å². The minimum atomic E-state index is -0.317. The van der Waals surface area contributed by atoms with Crippen LogP contribution in [0.1, 0.15) is 11.1 Å². The van der Waals surface area contributed by atoms with E-state index < -0.39 is 0 Å². The Labute approximate surface area is 185 Å². The summed E-state index contributed by atoms with van der Waals surface area (Å²) in [5.74, 6) is 0.695. The number of benzene rings is 3. The van der Waals surface area contributed by atoms with Crippen molar-refractivity contribution >= 4 is 34.8 Å². The van der Waals surface area contributed by atoms with E-state index in [4.69, 9.17) is 21.1 Å². The van der Waals surface area contributed by atoms with Gasteiger partial charge in [-0.05, 0) is 55.0 Å². The second-order valence-corrected chi connectivity index (χ2v) is 7.66. The van der Waals surface area contributed by atoms with Crippen LogP contribution >= 0.6 is 11.6 Å². The second kappa shape index (κ2) is 9.10. The summed E-state index contributed by atoms with van der Waals surface area (Å²) in [4.78, 5) is 26.5. The normalized spacial score (nSPS) is 12.7. The number of hydrogen-bond donors (Lipinski definition) is 1. The van der Waals surface area contributed by atoms with Gasteiger partial charge in [0.1, 0.15) is 11.5 Å². The van der Waals surface area contributed by atoms with E-state index in [1.54, 1.807) is 47.4 Å². The molecule has 0 radical (unpaired) electrons. The van der Waals surface area contributed by atoms with Gasteiger partial charge in [-0.15, -0.1) is 0 Å². The molecule has 1 heterocycles. The molecule has 0 saturated heterocycles. The van der Waals surface area contributed by atoms with Gasteiger partial charge in [-0.3, -0.25) is 9.59 Å². The highest BCUT2D eigenvalue weighted by molar-refractivity contribution is 6.30. The number of fused-ring (bicyclic) bond motifs is 1. The van der Waals surface area contributed by atoms with Crippen molar-refractivity contribution in [2.24, 2.45) is 0 Å². The Morgan fingerprint density at radius 1 is 1.10 bits per heavy atom. The van der Waals surface area contributed by atoms with Gasteiger partial charge in [-0.2, -0.15) is 0 Å². The second-order valence-electron chi connectivity index (χ2n) is 7.23. The lowest BCUT2D eigenvalue weighted by molar-refractivity contribution is -0.121. The fourth-order valence-electron chi connectivity index (χ4n) is 3.21. The molecule has 2 amide bonds. The first-order valence-corrected chi connectivity index (χ1v) is 10.2. The highest BCUT2D eigenvalue weighted by Crippen LogP contribution is 2.35. The fourth-order valence-corrected chi connectivity index (χ4v) is 3.33. The van der Waals surface area contributed by atoms with Crippen molar-refractivity contribution in [1.82, 2.24) is 0 Å². The SMILES string of the molecule is Cc1ccc(CN2C(=O)COc3ccc(NC(=O)COc4ccc(Cl)cc4)cc32)cc1. The van der Waals surface area contributed by atoms with Crippen molar-refractivity contribution in [3.8, 4) is 11.5 Å². The first kappa shape index (κ1) is 20.8. The first-order valence-electron chi connectivity index (χ1n) is 9.79. The van der Waals surface area contributed by atoms with Crippen LogP contribution in [0.3, 0.4) is 0 Å². The lowest BCUT2D eigenvalue weighted by Gasteiger charge is -2.30. The van der Waals surface area contributed by atoms with Gasteiger partial charge >= 0.3 is 0 Å². The number of aryl methyl sites for hydroxylation is 1. The molecular formula is C24H21ClN2O4. The van der Waals surface area contributed by atoms with E-state index in [0.29, 0.717) is 34.4 Å². The summed E-state index contributed by atoms with van der Waals surface area (Å²) in [5.41, 5.74) is 3.34. The molecule has 1 aliphatic rings. The Balaban J connectivity index is 1.46. The van der Waals surface area contributed by atoms with Crippen LogP contribution in [0.15, 0.2) is 66.7 Å². The van der Waals surface area contributed by atoms with Gasteiger partial charge in [0.2, 0.25) is 0 Å². The smallest absolute Gasteiger partial charge is 0.265 e. The topological polar surface area (TPSA) is 67.9 Å². The Morgan fingerprint density at radius 2 is 1.84 bits per heavy atom. The monoisotopic (exact) mass is 436 g/mol. The van der Waals surface area contributed by atoms with Crippen molar-refractivity contribution in [2.75, 3.05) is 23.4 Å². The van der Waals surface area contributed by atoms with Gasteiger partial charge in [0.15, 0.2) is 13.2 Å². The van der Waals surface area contributed by atoms with Crippen LogP contribution in [0.5, 0.6) is 11.5 Å². The van der Waals surface area contributed by atoms with Gasteiger partial charge in [0, 0.05) is 10.7 Å². The maximum absolute atomic E-state index is 12.5. The third kappa shape index (κ3) is 5.16. The van der Waals surface area contributed by atoms with Gasteiger partial charge in [-0.1, -0.05) is 41.4 Å². The van der Waals surface area contributed by atoms with E-state index in [-0.39, 0.29) is 25.0 Å². The van der Waals surface area contributed by atoms with Crippen LogP contribution in [-0.2, 0) is 16.1 Å². The number of nitrogens with zero attached hydrogens (tertiary/aromatic N) is 1. The fraction of sp³-hybridized carbons (Fsp3) is 0.167. The molecular weight excluding hydrogens is 416 g/mol. The lowest BCUT2D eigenvalue weighted by Crippen LogP contribution is -2.38. The van der Waals surface area contributed by atoms with E-state index >= 15 is 0 Å². The molecule has 4 rings (SSSR count). The minimum absolute atomic E-state index is 0.0144. The maximum atomic E-state index is 12.5. The van der Waals surface area contributed by atoms with Gasteiger partial charge < -0.3 is 19.7 Å². The molecule has 0 spiro atoms. The minimum Gasteiger partial charge on any atom is -0.484 e. The number of rotatable bonds is 6. The molecule has 0 aliphatic carbocycles. The quantitative estimate of drug-likeness (QED) is 0.613. The van der Waals surface area contributed by atoms with E-state index in [1.165, 1.54) is 0 Å². The van der Waals surface area contributed by atoms with Crippen LogP contribution in [0.2, 0.25) is 5.02 Å². The molecule has 31 heavy (non-hydrogen) atoms. The zero-order chi connectivity index (χ0) is 21.8. The predicted octanol–water partition coefficient (Wildman–Crippen LogP) is 4.59. The Morgan fingerprint density at radius 3 is 2.58 bits per heavy atom. The number of halogens is 1. The Bertz CT molecular complexity index is 1100. The largest absolute Gasteiger partial charge is 0.484 e. The van der Waals surface area contributed by atoms with Crippen LogP contribution in [0.25, 0.3) is 0 Å². The first-order chi connectivity index (χ1) is 15.0. The lowest BCUT2D eigenvalue weighted by atomic mass is 10.1. The summed E-state index contributed by atoms with van der Waals surface area (Å²) in [7, 11) is 0. The standard InChI is InChI=1S/C24H21ClN2O4/c1-16-2-4-17(5-3-16)13-27-21-12-19(8-11-22(21)31-15-24(27)29)26-23(28)14-30-20-9-6-18(25)7-10-20/h2-12H,13-15H2,1H3,(H,26,28). The highest BCUT2D eigenvalue weighted by atomic mass is 35.5. The van der Waals surface area contributed by atoms with E-state index in [1.807, 2.05) is 31.2 Å². The summed E-state index contributed by atoms with van der Waals surface area (Å²) < 4.78 is 11.0. The molecule has 0 unspecified atom stereocenters. The molecule has 1 aliphatic heterocycles. The zero-order valence-electron chi connectivity index (χ0n) is 16.9. The number of carbonyl (C=O) groups is 2. The van der Waals surface area contributed by atoms with Gasteiger partial charge in [0.05, 0.1) is 12.2 Å². The molecule has 3 aromatic rings. The van der Waals surface area contributed by atoms with Crippen LogP contribution in [0, 0.1) is 6.92 Å². The number of carbonyl (C=O) groups excluding carboxylic acids is 2. The summed E-state index contributed by atoms with van der Waals surface area (Å²) in [6.07, 6.45) is 0. The average molecular weight is 437 g/mol. The average Bonchev–Trinajstić information content (AvgIpc) is 2.77. The van der Waals surface area contributed by atoms with Crippen molar-refractivity contribution in [1.29, 1.82) is 0 Å². The third-order valence-corrected chi connectivity index (χ3v) is 5.08. The zero-order valence-corrected chi connectivity index (χ0v) is 17.7. The van der Waals surface area contributed by atoms with Crippen molar-refractivity contribution in [3.63, 3.8) is 0 Å². The molecule has 1 N–H and O–H groups in total. The molecule has 7 heteroatoms. The molecule has 0 bridgehead atoms. The van der Waals surface area contributed by atoms with Crippen LogP contribution in [-0.4, -0.2) is 25.0 Å². The molecule has 0 atom stereocenters. The number of hydrogen-bond acceptors (Lipinski definition) is 4. The van der Waals surface area contributed by atoms with Gasteiger partial charge in [-0.25, -0.2) is 0 Å². The summed E-state index contributed by atoms with van der Waals surface area (Å²) in [5, 5.41) is 3.39. The van der Waals surface area contributed by atoms with Gasteiger partial charge in [0.25, 0.3) is 11.8 Å². The summed E-state index contributed by atoms with van der Waals surface area (Å²) in [6.45, 7) is 2.28. The molecule has 0 fully saturated rings. The highest BCUT2D eigenvalue weighted by Gasteiger charge is 2.26. The Kier molecular flexibility index (Phi) is 6.09. The van der Waals surface area contributed by atoms with E-state index in [0.717, 1.165) is 11.1 Å². The maximum Gasteiger partial charge on any atom is 0.265 e. The molecule has 0 aromatic heterocycles. The number of anilines is 2. The van der Waals surface area contributed by atoms with Crippen molar-refractivity contribution < 1.29 is 19.1 Å². The number of ether oxygens (including phenoxy) is 2. The molecule has 0 saturated carbocycles. The van der Waals surface area contributed by atoms with Crippen molar-refractivity contribution in [3.05, 3.63) is 82.9 Å². The summed E-state index contributed by atoms with van der Waals surface area (Å²) >= 11 is 5.85. The van der Waals surface area contributed by atoms with E-state index in [9.17, 15) is 9.59 Å². The van der Waals surface area contributed by atoms with Crippen LogP contribution < -0.4 is 19.7 Å². The summed E-state index contributed by atoms with van der Waals surface area (Å²) in [6, 6.07) is 20.0. The molecule has 3 aromatic carbocycles.